The molecule has 2 atom stereocenters. The minimum absolute atomic E-state index is 0.0415. The highest BCUT2D eigenvalue weighted by molar-refractivity contribution is 6.00. The zero-order valence-corrected chi connectivity index (χ0v) is 24.5. The van der Waals surface area contributed by atoms with Crippen molar-refractivity contribution in [3.63, 3.8) is 0 Å². The van der Waals surface area contributed by atoms with Crippen LogP contribution in [0.15, 0.2) is 36.5 Å². The molecule has 4 N–H and O–H groups in total. The van der Waals surface area contributed by atoms with Crippen LogP contribution in [0, 0.1) is 23.4 Å². The number of methoxy groups -OCH3 is 1. The summed E-state index contributed by atoms with van der Waals surface area (Å²) in [6.45, 7) is 1.10. The summed E-state index contributed by atoms with van der Waals surface area (Å²) in [4.78, 5) is 30.6. The molecular formula is C32H30F3N5O5. The number of fused-ring (bicyclic) bond motifs is 2. The fourth-order valence-electron chi connectivity index (χ4n) is 5.95. The van der Waals surface area contributed by atoms with Crippen molar-refractivity contribution in [2.45, 2.75) is 49.7 Å². The molecule has 1 unspecified atom stereocenters. The summed E-state index contributed by atoms with van der Waals surface area (Å²) in [6.07, 6.45) is 5.19. The molecule has 2 aliphatic carbocycles. The third-order valence-electron chi connectivity index (χ3n) is 9.08. The molecular weight excluding hydrogens is 591 g/mol. The number of benzene rings is 2. The van der Waals surface area contributed by atoms with E-state index < -0.39 is 40.3 Å². The first kappa shape index (κ1) is 29.1. The molecule has 0 bridgehead atoms. The summed E-state index contributed by atoms with van der Waals surface area (Å²) in [5.74, 6) is -5.59. The van der Waals surface area contributed by atoms with E-state index in [1.165, 1.54) is 13.2 Å². The molecule has 4 aromatic rings. The van der Waals surface area contributed by atoms with Gasteiger partial charge < -0.3 is 25.6 Å². The molecule has 45 heavy (non-hydrogen) atoms. The summed E-state index contributed by atoms with van der Waals surface area (Å²) in [7, 11) is 1.50. The normalized spacial score (nSPS) is 20.4. The van der Waals surface area contributed by atoms with E-state index in [-0.39, 0.29) is 47.3 Å². The minimum Gasteiger partial charge on any atom is -0.494 e. The Morgan fingerprint density at radius 1 is 1.16 bits per heavy atom. The van der Waals surface area contributed by atoms with Crippen molar-refractivity contribution in [1.29, 1.82) is 0 Å². The minimum atomic E-state index is -1.75. The van der Waals surface area contributed by atoms with Crippen molar-refractivity contribution < 1.29 is 37.3 Å². The molecule has 3 aliphatic rings. The summed E-state index contributed by atoms with van der Waals surface area (Å²) in [6, 6.07) is 6.63. The van der Waals surface area contributed by atoms with Gasteiger partial charge in [0.25, 0.3) is 5.91 Å². The standard InChI is InChI=1S/C32H30F3N5O5/c1-31(30(36)42)14-45-28-20(31)11-24(38-27(28)15-8-21(33)25(35)22(34)9-15)32(43,18-3-4-18)13-37-29(41)16-7-17-12-40(19-5-6-19)39-26(17)23(10-16)44-2/h7-12,18-19,43H,3-6,13-14H2,1-2H3,(H2,36,42)(H,37,41)/t31-,32?/m0/s1. The highest BCUT2D eigenvalue weighted by Gasteiger charge is 2.50. The number of hydrogen-bond acceptors (Lipinski definition) is 7. The average molecular weight is 622 g/mol. The highest BCUT2D eigenvalue weighted by Crippen LogP contribution is 2.50. The van der Waals surface area contributed by atoms with Crippen LogP contribution in [-0.2, 0) is 15.8 Å². The van der Waals surface area contributed by atoms with E-state index in [0.29, 0.717) is 35.7 Å². The third kappa shape index (κ3) is 4.76. The number of primary amides is 1. The lowest BCUT2D eigenvalue weighted by Crippen LogP contribution is -2.44. The van der Waals surface area contributed by atoms with Gasteiger partial charge in [-0.3, -0.25) is 14.3 Å². The van der Waals surface area contributed by atoms with Crippen molar-refractivity contribution >= 4 is 22.7 Å². The Morgan fingerprint density at radius 2 is 1.87 bits per heavy atom. The summed E-state index contributed by atoms with van der Waals surface area (Å²) >= 11 is 0. The Balaban J connectivity index is 1.27. The summed E-state index contributed by atoms with van der Waals surface area (Å²) < 4.78 is 55.7. The number of nitrogens with zero attached hydrogens (tertiary/aromatic N) is 3. The number of amides is 2. The van der Waals surface area contributed by atoms with Gasteiger partial charge in [0.15, 0.2) is 17.5 Å². The van der Waals surface area contributed by atoms with Gasteiger partial charge in [0.05, 0.1) is 25.4 Å². The van der Waals surface area contributed by atoms with Crippen molar-refractivity contribution in [1.82, 2.24) is 20.1 Å². The predicted octanol–water partition coefficient (Wildman–Crippen LogP) is 4.02. The van der Waals surface area contributed by atoms with E-state index in [1.807, 2.05) is 10.9 Å². The van der Waals surface area contributed by atoms with E-state index in [0.717, 1.165) is 30.4 Å². The molecule has 2 saturated carbocycles. The smallest absolute Gasteiger partial charge is 0.251 e. The maximum atomic E-state index is 14.3. The maximum absolute atomic E-state index is 14.3. The first-order chi connectivity index (χ1) is 21.4. The maximum Gasteiger partial charge on any atom is 0.251 e. The summed E-state index contributed by atoms with van der Waals surface area (Å²) in [5.41, 5.74) is 3.61. The fraction of sp³-hybridized carbons (Fsp3) is 0.375. The van der Waals surface area contributed by atoms with Gasteiger partial charge in [0.2, 0.25) is 5.91 Å². The Bertz CT molecular complexity index is 1880. The number of rotatable bonds is 9. The SMILES string of the molecule is COc1cc(C(=O)NCC(O)(c2cc3c(c(-c4cc(F)c(F)c(F)c4)n2)OC[C@]3(C)C(N)=O)C2CC2)cc2cn(C3CC3)nc12. The first-order valence-corrected chi connectivity index (χ1v) is 14.6. The van der Waals surface area contributed by atoms with Crippen LogP contribution < -0.4 is 20.5 Å². The third-order valence-corrected chi connectivity index (χ3v) is 9.08. The van der Waals surface area contributed by atoms with E-state index in [1.54, 1.807) is 19.1 Å². The number of pyridine rings is 1. The van der Waals surface area contributed by atoms with Crippen LogP contribution in [0.3, 0.4) is 0 Å². The van der Waals surface area contributed by atoms with Crippen molar-refractivity contribution in [3.8, 4) is 22.8 Å². The molecule has 2 aromatic carbocycles. The number of carbonyl (C=O) groups excluding carboxylic acids is 2. The van der Waals surface area contributed by atoms with Crippen molar-refractivity contribution in [3.05, 3.63) is 70.8 Å². The van der Waals surface area contributed by atoms with Crippen LogP contribution in [0.2, 0.25) is 0 Å². The lowest BCUT2D eigenvalue weighted by molar-refractivity contribution is -0.123. The molecule has 0 spiro atoms. The molecule has 234 valence electrons. The largest absolute Gasteiger partial charge is 0.494 e. The van der Waals surface area contributed by atoms with E-state index in [9.17, 15) is 27.9 Å². The van der Waals surface area contributed by atoms with Crippen LogP contribution in [0.1, 0.15) is 60.3 Å². The number of aliphatic hydroxyl groups is 1. The molecule has 2 fully saturated rings. The van der Waals surface area contributed by atoms with Crippen LogP contribution in [0.4, 0.5) is 13.2 Å². The van der Waals surface area contributed by atoms with Crippen LogP contribution in [0.5, 0.6) is 11.5 Å². The zero-order chi connectivity index (χ0) is 31.8. The second-order valence-corrected chi connectivity index (χ2v) is 12.3. The van der Waals surface area contributed by atoms with Gasteiger partial charge in [-0.1, -0.05) is 0 Å². The highest BCUT2D eigenvalue weighted by atomic mass is 19.2. The molecule has 2 amide bonds. The number of hydrogen-bond donors (Lipinski definition) is 3. The number of nitrogens with two attached hydrogens (primary N) is 1. The van der Waals surface area contributed by atoms with Gasteiger partial charge in [-0.05, 0) is 68.9 Å². The second kappa shape index (κ2) is 10.2. The van der Waals surface area contributed by atoms with Crippen LogP contribution in [0.25, 0.3) is 22.2 Å². The molecule has 13 heteroatoms. The molecule has 7 rings (SSSR count). The number of aromatic nitrogens is 3. The summed E-state index contributed by atoms with van der Waals surface area (Å²) in [5, 5.41) is 20.3. The number of nitrogens with one attached hydrogen (secondary N) is 1. The van der Waals surface area contributed by atoms with Crippen LogP contribution in [-0.4, -0.2) is 51.9 Å². The van der Waals surface area contributed by atoms with Gasteiger partial charge in [-0.25, -0.2) is 18.2 Å². The predicted molar refractivity (Wildman–Crippen MR) is 155 cm³/mol. The molecule has 2 aromatic heterocycles. The first-order valence-electron chi connectivity index (χ1n) is 14.6. The topological polar surface area (TPSA) is 142 Å². The molecule has 1 aliphatic heterocycles. The monoisotopic (exact) mass is 621 g/mol. The van der Waals surface area contributed by atoms with Gasteiger partial charge in [0.1, 0.15) is 40.3 Å². The van der Waals surface area contributed by atoms with Gasteiger partial charge >= 0.3 is 0 Å². The van der Waals surface area contributed by atoms with Gasteiger partial charge in [-0.15, -0.1) is 0 Å². The average Bonchev–Trinajstić information content (AvgIpc) is 3.97. The lowest BCUT2D eigenvalue weighted by Gasteiger charge is -2.30. The van der Waals surface area contributed by atoms with Crippen molar-refractivity contribution in [2.75, 3.05) is 20.3 Å². The quantitative estimate of drug-likeness (QED) is 0.240. The van der Waals surface area contributed by atoms with E-state index in [4.69, 9.17) is 15.2 Å². The molecule has 3 heterocycles. The fourth-order valence-corrected chi connectivity index (χ4v) is 5.95. The number of ether oxygens (including phenoxy) is 2. The van der Waals surface area contributed by atoms with E-state index in [2.05, 4.69) is 15.4 Å². The second-order valence-electron chi connectivity index (χ2n) is 12.3. The van der Waals surface area contributed by atoms with Gasteiger partial charge in [0, 0.05) is 28.3 Å². The Labute approximate surface area is 255 Å². The van der Waals surface area contributed by atoms with Gasteiger partial charge in [-0.2, -0.15) is 5.10 Å². The number of carbonyl (C=O) groups is 2. The lowest BCUT2D eigenvalue weighted by atomic mass is 9.81. The molecule has 0 radical (unpaired) electrons. The Kier molecular flexibility index (Phi) is 6.59. The zero-order valence-electron chi connectivity index (χ0n) is 24.5. The van der Waals surface area contributed by atoms with E-state index >= 15 is 0 Å². The Hall–Kier alpha value is -4.65. The van der Waals surface area contributed by atoms with Crippen molar-refractivity contribution in [2.24, 2.45) is 11.7 Å². The molecule has 0 saturated heterocycles. The number of halogens is 3. The Morgan fingerprint density at radius 3 is 2.49 bits per heavy atom. The van der Waals surface area contributed by atoms with Crippen LogP contribution >= 0.6 is 0 Å². The molecule has 10 nitrogen and oxygen atoms in total.